The van der Waals surface area contributed by atoms with E-state index in [1.165, 1.54) is 31.3 Å². The van der Waals surface area contributed by atoms with Crippen molar-refractivity contribution in [3.8, 4) is 28.4 Å². The van der Waals surface area contributed by atoms with Crippen LogP contribution in [0.2, 0.25) is 0 Å². The highest BCUT2D eigenvalue weighted by Crippen LogP contribution is 2.33. The summed E-state index contributed by atoms with van der Waals surface area (Å²) in [6.07, 6.45) is 1.38. The largest absolute Gasteiger partial charge is 0.424 e. The van der Waals surface area contributed by atoms with Gasteiger partial charge in [-0.3, -0.25) is 4.79 Å². The van der Waals surface area contributed by atoms with Crippen LogP contribution in [0.3, 0.4) is 0 Å². The molecule has 0 unspecified atom stereocenters. The van der Waals surface area contributed by atoms with E-state index in [1.807, 2.05) is 13.8 Å². The SMILES string of the molecule is CC(=O)Oc1ccc(-c2ccnc(N)c2F)nc1-c1cc(C(C)C)nc(N)n1. The first kappa shape index (κ1) is 19.2. The summed E-state index contributed by atoms with van der Waals surface area (Å²) in [7, 11) is 0. The molecule has 144 valence electrons. The van der Waals surface area contributed by atoms with Gasteiger partial charge in [-0.25, -0.2) is 24.3 Å². The number of hydrogen-bond donors (Lipinski definition) is 2. The van der Waals surface area contributed by atoms with E-state index in [9.17, 15) is 9.18 Å². The van der Waals surface area contributed by atoms with Crippen molar-refractivity contribution in [2.75, 3.05) is 11.5 Å². The van der Waals surface area contributed by atoms with Crippen molar-refractivity contribution in [2.45, 2.75) is 26.7 Å². The first-order valence-corrected chi connectivity index (χ1v) is 8.51. The first-order chi connectivity index (χ1) is 13.3. The monoisotopic (exact) mass is 382 g/mol. The van der Waals surface area contributed by atoms with E-state index < -0.39 is 11.8 Å². The Hall–Kier alpha value is -3.62. The summed E-state index contributed by atoms with van der Waals surface area (Å²) in [5.74, 6) is -1.14. The van der Waals surface area contributed by atoms with Gasteiger partial charge in [0.25, 0.3) is 0 Å². The summed E-state index contributed by atoms with van der Waals surface area (Å²) in [6, 6.07) is 6.20. The van der Waals surface area contributed by atoms with E-state index in [-0.39, 0.29) is 40.4 Å². The number of aromatic nitrogens is 4. The number of rotatable bonds is 4. The number of anilines is 2. The summed E-state index contributed by atoms with van der Waals surface area (Å²) in [5.41, 5.74) is 13.1. The third-order valence-corrected chi connectivity index (χ3v) is 3.90. The average Bonchev–Trinajstić information content (AvgIpc) is 2.63. The first-order valence-electron chi connectivity index (χ1n) is 8.51. The van der Waals surface area contributed by atoms with E-state index in [1.54, 1.807) is 6.07 Å². The van der Waals surface area contributed by atoms with Crippen molar-refractivity contribution in [2.24, 2.45) is 0 Å². The molecule has 0 aromatic carbocycles. The Balaban J connectivity index is 2.23. The van der Waals surface area contributed by atoms with Crippen LogP contribution in [0.25, 0.3) is 22.6 Å². The quantitative estimate of drug-likeness (QED) is 0.659. The summed E-state index contributed by atoms with van der Waals surface area (Å²) in [5, 5.41) is 0. The molecule has 0 radical (unpaired) electrons. The van der Waals surface area contributed by atoms with Crippen LogP contribution in [0.5, 0.6) is 5.75 Å². The maximum Gasteiger partial charge on any atom is 0.308 e. The van der Waals surface area contributed by atoms with Gasteiger partial charge in [-0.05, 0) is 30.2 Å². The van der Waals surface area contributed by atoms with E-state index in [2.05, 4.69) is 19.9 Å². The Bertz CT molecular complexity index is 1050. The zero-order valence-electron chi connectivity index (χ0n) is 15.6. The minimum atomic E-state index is -0.689. The molecule has 0 bridgehead atoms. The van der Waals surface area contributed by atoms with Crippen molar-refractivity contribution in [3.63, 3.8) is 0 Å². The number of ether oxygens (including phenoxy) is 1. The number of nitrogens with two attached hydrogens (primary N) is 2. The molecule has 8 nitrogen and oxygen atoms in total. The Labute approximate surface area is 160 Å². The third-order valence-electron chi connectivity index (χ3n) is 3.90. The number of carbonyl (C=O) groups is 1. The second kappa shape index (κ2) is 7.55. The normalized spacial score (nSPS) is 10.9. The van der Waals surface area contributed by atoms with Gasteiger partial charge in [-0.2, -0.15) is 0 Å². The lowest BCUT2D eigenvalue weighted by atomic mass is 10.1. The van der Waals surface area contributed by atoms with Crippen molar-refractivity contribution in [1.82, 2.24) is 19.9 Å². The van der Waals surface area contributed by atoms with E-state index in [4.69, 9.17) is 16.2 Å². The summed E-state index contributed by atoms with van der Waals surface area (Å²) in [4.78, 5) is 28.1. The van der Waals surface area contributed by atoms with Gasteiger partial charge in [0.2, 0.25) is 5.95 Å². The topological polar surface area (TPSA) is 130 Å². The molecule has 4 N–H and O–H groups in total. The van der Waals surface area contributed by atoms with Crippen molar-refractivity contribution < 1.29 is 13.9 Å². The summed E-state index contributed by atoms with van der Waals surface area (Å²) >= 11 is 0. The predicted molar refractivity (Wildman–Crippen MR) is 103 cm³/mol. The molecule has 9 heteroatoms. The number of hydrogen-bond acceptors (Lipinski definition) is 8. The number of esters is 1. The number of halogens is 1. The minimum absolute atomic E-state index is 0.0570. The fraction of sp³-hybridized carbons (Fsp3) is 0.211. The van der Waals surface area contributed by atoms with Crippen LogP contribution in [-0.2, 0) is 4.79 Å². The number of nitrogens with zero attached hydrogens (tertiary/aromatic N) is 4. The third kappa shape index (κ3) is 3.88. The van der Waals surface area contributed by atoms with Gasteiger partial charge in [0.05, 0.1) is 11.4 Å². The molecule has 0 saturated heterocycles. The highest BCUT2D eigenvalue weighted by molar-refractivity contribution is 5.76. The van der Waals surface area contributed by atoms with Gasteiger partial charge in [0.15, 0.2) is 17.4 Å². The molecular weight excluding hydrogens is 363 g/mol. The van der Waals surface area contributed by atoms with Gasteiger partial charge in [0.1, 0.15) is 5.69 Å². The number of pyridine rings is 2. The maximum atomic E-state index is 14.4. The van der Waals surface area contributed by atoms with Crippen LogP contribution in [-0.4, -0.2) is 25.9 Å². The molecule has 0 saturated carbocycles. The molecule has 28 heavy (non-hydrogen) atoms. The molecule has 0 aliphatic heterocycles. The molecule has 0 aliphatic carbocycles. The highest BCUT2D eigenvalue weighted by atomic mass is 19.1. The molecule has 3 heterocycles. The molecule has 0 aliphatic rings. The average molecular weight is 382 g/mol. The molecule has 3 aromatic rings. The van der Waals surface area contributed by atoms with Crippen molar-refractivity contribution >= 4 is 17.7 Å². The van der Waals surface area contributed by atoms with Gasteiger partial charge in [0, 0.05) is 24.4 Å². The fourth-order valence-corrected chi connectivity index (χ4v) is 2.58. The summed E-state index contributed by atoms with van der Waals surface area (Å²) < 4.78 is 19.7. The molecule has 3 aromatic heterocycles. The van der Waals surface area contributed by atoms with Crippen molar-refractivity contribution in [1.29, 1.82) is 0 Å². The summed E-state index contributed by atoms with van der Waals surface area (Å²) in [6.45, 7) is 5.18. The van der Waals surface area contributed by atoms with Gasteiger partial charge < -0.3 is 16.2 Å². The minimum Gasteiger partial charge on any atom is -0.424 e. The predicted octanol–water partition coefficient (Wildman–Crippen LogP) is 2.95. The lowest BCUT2D eigenvalue weighted by molar-refractivity contribution is -0.131. The lowest BCUT2D eigenvalue weighted by Crippen LogP contribution is -2.07. The molecule has 0 fully saturated rings. The number of nitrogen functional groups attached to an aromatic ring is 2. The van der Waals surface area contributed by atoms with Gasteiger partial charge in [-0.1, -0.05) is 13.8 Å². The fourth-order valence-electron chi connectivity index (χ4n) is 2.58. The Morgan fingerprint density at radius 2 is 1.86 bits per heavy atom. The zero-order valence-corrected chi connectivity index (χ0v) is 15.6. The van der Waals surface area contributed by atoms with Crippen LogP contribution in [0.1, 0.15) is 32.4 Å². The Morgan fingerprint density at radius 1 is 1.11 bits per heavy atom. The van der Waals surface area contributed by atoms with Crippen LogP contribution in [0.4, 0.5) is 16.2 Å². The van der Waals surface area contributed by atoms with Crippen molar-refractivity contribution in [3.05, 3.63) is 42.0 Å². The smallest absolute Gasteiger partial charge is 0.308 e. The van der Waals surface area contributed by atoms with E-state index in [0.29, 0.717) is 11.4 Å². The molecule has 0 spiro atoms. The zero-order chi connectivity index (χ0) is 20.4. The van der Waals surface area contributed by atoms with Crippen LogP contribution < -0.4 is 16.2 Å². The van der Waals surface area contributed by atoms with Crippen LogP contribution in [0, 0.1) is 5.82 Å². The second-order valence-corrected chi connectivity index (χ2v) is 6.39. The van der Waals surface area contributed by atoms with Gasteiger partial charge >= 0.3 is 5.97 Å². The molecule has 3 rings (SSSR count). The second-order valence-electron chi connectivity index (χ2n) is 6.39. The molecule has 0 atom stereocenters. The number of carbonyl (C=O) groups excluding carboxylic acids is 1. The van der Waals surface area contributed by atoms with Gasteiger partial charge in [-0.15, -0.1) is 0 Å². The van der Waals surface area contributed by atoms with Crippen LogP contribution >= 0.6 is 0 Å². The maximum absolute atomic E-state index is 14.4. The van der Waals surface area contributed by atoms with E-state index >= 15 is 0 Å². The Kier molecular flexibility index (Phi) is 5.16. The molecular formula is C19H19FN6O2. The lowest BCUT2D eigenvalue weighted by Gasteiger charge is -2.13. The van der Waals surface area contributed by atoms with E-state index in [0.717, 1.165) is 0 Å². The highest BCUT2D eigenvalue weighted by Gasteiger charge is 2.18. The van der Waals surface area contributed by atoms with Crippen LogP contribution in [0.15, 0.2) is 30.5 Å². The Morgan fingerprint density at radius 3 is 2.54 bits per heavy atom. The standard InChI is InChI=1S/C19H19FN6O2/c1-9(2)13-8-14(26-19(22)25-13)17-15(28-10(3)27)5-4-12(24-17)11-6-7-23-18(21)16(11)20/h4-9H,1-3H3,(H2,21,23)(H2,22,25,26). The molecule has 0 amide bonds.